The van der Waals surface area contributed by atoms with Crippen molar-refractivity contribution in [3.8, 4) is 0 Å². The molecule has 104 valence electrons. The van der Waals surface area contributed by atoms with Gasteiger partial charge in [0, 0.05) is 6.42 Å². The van der Waals surface area contributed by atoms with E-state index in [1.54, 1.807) is 11.6 Å². The van der Waals surface area contributed by atoms with Gasteiger partial charge in [-0.05, 0) is 18.6 Å². The molecule has 1 aliphatic heterocycles. The van der Waals surface area contributed by atoms with Gasteiger partial charge in [-0.25, -0.2) is 9.18 Å². The van der Waals surface area contributed by atoms with Crippen LogP contribution in [0.25, 0.3) is 0 Å². The van der Waals surface area contributed by atoms with Crippen molar-refractivity contribution in [3.05, 3.63) is 53.3 Å². The minimum absolute atomic E-state index is 0.163. The van der Waals surface area contributed by atoms with Crippen LogP contribution in [0.4, 0.5) is 4.39 Å². The summed E-state index contributed by atoms with van der Waals surface area (Å²) in [5, 5.41) is 4.22. The Hall–Kier alpha value is -2.17. The number of carbonyl (C=O) groups is 1. The van der Waals surface area contributed by atoms with Gasteiger partial charge in [0.15, 0.2) is 5.69 Å². The molecule has 0 saturated heterocycles. The Morgan fingerprint density at radius 3 is 2.90 bits per heavy atom. The number of benzene rings is 1. The van der Waals surface area contributed by atoms with Gasteiger partial charge in [-0.2, -0.15) is 5.10 Å². The van der Waals surface area contributed by atoms with Crippen molar-refractivity contribution in [2.75, 3.05) is 6.61 Å². The first kappa shape index (κ1) is 12.8. The third kappa shape index (κ3) is 2.09. The molecule has 3 rings (SSSR count). The summed E-state index contributed by atoms with van der Waals surface area (Å²) in [6, 6.07) is 11.0. The predicted octanol–water partition coefficient (Wildman–Crippen LogP) is 3.06. The molecule has 2 heterocycles. The highest BCUT2D eigenvalue weighted by Gasteiger charge is 2.34. The van der Waals surface area contributed by atoms with Gasteiger partial charge in [0.1, 0.15) is 6.17 Å². The highest BCUT2D eigenvalue weighted by molar-refractivity contribution is 5.87. The van der Waals surface area contributed by atoms with Crippen LogP contribution in [-0.2, 0) is 4.74 Å². The summed E-state index contributed by atoms with van der Waals surface area (Å²) in [7, 11) is 0. The second-order valence-electron chi connectivity index (χ2n) is 4.75. The molecule has 1 aliphatic rings. The zero-order valence-electron chi connectivity index (χ0n) is 11.1. The fourth-order valence-corrected chi connectivity index (χ4v) is 2.57. The number of ether oxygens (including phenoxy) is 1. The van der Waals surface area contributed by atoms with Gasteiger partial charge in [0.25, 0.3) is 0 Å². The van der Waals surface area contributed by atoms with E-state index in [2.05, 4.69) is 5.10 Å². The van der Waals surface area contributed by atoms with Crippen LogP contribution in [-0.4, -0.2) is 22.4 Å². The van der Waals surface area contributed by atoms with Crippen molar-refractivity contribution in [2.24, 2.45) is 0 Å². The lowest BCUT2D eigenvalue weighted by Gasteiger charge is -2.11. The summed E-state index contributed by atoms with van der Waals surface area (Å²) in [6.45, 7) is 2.01. The highest BCUT2D eigenvalue weighted by Crippen LogP contribution is 2.40. The Kier molecular flexibility index (Phi) is 3.26. The van der Waals surface area contributed by atoms with Gasteiger partial charge in [0.05, 0.1) is 18.3 Å². The number of rotatable bonds is 3. The molecule has 0 aliphatic carbocycles. The molecular formula is C15H15FN2O2. The van der Waals surface area contributed by atoms with Crippen LogP contribution in [0.5, 0.6) is 0 Å². The first-order chi connectivity index (χ1) is 9.70. The predicted molar refractivity (Wildman–Crippen MR) is 71.2 cm³/mol. The van der Waals surface area contributed by atoms with Crippen molar-refractivity contribution < 1.29 is 13.9 Å². The van der Waals surface area contributed by atoms with E-state index in [0.29, 0.717) is 12.1 Å². The van der Waals surface area contributed by atoms with Crippen LogP contribution in [0.3, 0.4) is 0 Å². The zero-order chi connectivity index (χ0) is 14.1. The maximum absolute atomic E-state index is 14.1. The van der Waals surface area contributed by atoms with Crippen molar-refractivity contribution in [2.45, 2.75) is 25.6 Å². The lowest BCUT2D eigenvalue weighted by molar-refractivity contribution is 0.0518. The zero-order valence-corrected chi connectivity index (χ0v) is 11.1. The van der Waals surface area contributed by atoms with Crippen molar-refractivity contribution in [3.63, 3.8) is 0 Å². The van der Waals surface area contributed by atoms with Crippen LogP contribution in [0, 0.1) is 0 Å². The molecular weight excluding hydrogens is 259 g/mol. The van der Waals surface area contributed by atoms with Crippen molar-refractivity contribution in [1.29, 1.82) is 0 Å². The van der Waals surface area contributed by atoms with E-state index in [1.165, 1.54) is 6.07 Å². The third-order valence-corrected chi connectivity index (χ3v) is 3.48. The lowest BCUT2D eigenvalue weighted by Crippen LogP contribution is -2.11. The molecule has 0 amide bonds. The topological polar surface area (TPSA) is 44.1 Å². The molecule has 1 aromatic heterocycles. The molecule has 0 saturated carbocycles. The quantitative estimate of drug-likeness (QED) is 0.808. The fraction of sp³-hybridized carbons (Fsp3) is 0.333. The Bertz CT molecular complexity index is 624. The van der Waals surface area contributed by atoms with Gasteiger partial charge < -0.3 is 4.74 Å². The second kappa shape index (κ2) is 5.07. The van der Waals surface area contributed by atoms with E-state index in [4.69, 9.17) is 4.74 Å². The number of halogens is 1. The number of esters is 1. The Labute approximate surface area is 116 Å². The number of fused-ring (bicyclic) bond motifs is 1. The molecule has 4 nitrogen and oxygen atoms in total. The maximum Gasteiger partial charge on any atom is 0.358 e. The van der Waals surface area contributed by atoms with E-state index in [9.17, 15) is 9.18 Å². The molecule has 2 aromatic rings. The van der Waals surface area contributed by atoms with Crippen LogP contribution in [0.15, 0.2) is 36.4 Å². The van der Waals surface area contributed by atoms with E-state index in [-0.39, 0.29) is 18.3 Å². The third-order valence-electron chi connectivity index (χ3n) is 3.48. The van der Waals surface area contributed by atoms with Gasteiger partial charge in [-0.15, -0.1) is 0 Å². The molecule has 0 N–H and O–H groups in total. The highest BCUT2D eigenvalue weighted by atomic mass is 19.1. The van der Waals surface area contributed by atoms with E-state index >= 15 is 0 Å². The molecule has 0 spiro atoms. The first-order valence-electron chi connectivity index (χ1n) is 6.66. The number of hydrogen-bond donors (Lipinski definition) is 0. The maximum atomic E-state index is 14.1. The van der Waals surface area contributed by atoms with Crippen molar-refractivity contribution in [1.82, 2.24) is 9.78 Å². The summed E-state index contributed by atoms with van der Waals surface area (Å²) in [5.41, 5.74) is 1.61. The van der Waals surface area contributed by atoms with E-state index < -0.39 is 12.1 Å². The average molecular weight is 274 g/mol. The fourth-order valence-electron chi connectivity index (χ4n) is 2.57. The first-order valence-corrected chi connectivity index (χ1v) is 6.66. The molecule has 1 aromatic carbocycles. The number of hydrogen-bond acceptors (Lipinski definition) is 3. The molecule has 20 heavy (non-hydrogen) atoms. The van der Waals surface area contributed by atoms with Gasteiger partial charge in [0.2, 0.25) is 0 Å². The summed E-state index contributed by atoms with van der Waals surface area (Å²) in [4.78, 5) is 11.7. The minimum atomic E-state index is -1.10. The standard InChI is InChI=1S/C15H15FN2O2/c1-2-20-15(19)12-9-14-11(16)8-13(18(14)17-12)10-6-4-3-5-7-10/h3-7,9,11,13H,2,8H2,1H3. The Morgan fingerprint density at radius 2 is 2.20 bits per heavy atom. The molecule has 0 fully saturated rings. The van der Waals surface area contributed by atoms with Crippen molar-refractivity contribution >= 4 is 5.97 Å². The summed E-state index contributed by atoms with van der Waals surface area (Å²) in [5.74, 6) is -0.506. The van der Waals surface area contributed by atoms with E-state index in [0.717, 1.165) is 5.56 Å². The summed E-state index contributed by atoms with van der Waals surface area (Å²) in [6.07, 6.45) is -0.744. The molecule has 0 radical (unpaired) electrons. The van der Waals surface area contributed by atoms with E-state index in [1.807, 2.05) is 30.3 Å². The number of nitrogens with zero attached hydrogens (tertiary/aromatic N) is 2. The second-order valence-corrected chi connectivity index (χ2v) is 4.75. The molecule has 0 bridgehead atoms. The summed E-state index contributed by atoms with van der Waals surface area (Å²) < 4.78 is 20.6. The van der Waals surface area contributed by atoms with Crippen LogP contribution in [0.2, 0.25) is 0 Å². The number of carbonyl (C=O) groups excluding carboxylic acids is 1. The lowest BCUT2D eigenvalue weighted by atomic mass is 10.0. The van der Waals surface area contributed by atoms with Crippen LogP contribution < -0.4 is 0 Å². The van der Waals surface area contributed by atoms with Gasteiger partial charge in [-0.1, -0.05) is 30.3 Å². The normalized spacial score (nSPS) is 20.7. The summed E-state index contributed by atoms with van der Waals surface area (Å²) >= 11 is 0. The van der Waals surface area contributed by atoms with Gasteiger partial charge in [-0.3, -0.25) is 4.68 Å². The largest absolute Gasteiger partial charge is 0.461 e. The minimum Gasteiger partial charge on any atom is -0.461 e. The average Bonchev–Trinajstić information content (AvgIpc) is 3.01. The molecule has 2 atom stereocenters. The molecule has 2 unspecified atom stereocenters. The smallest absolute Gasteiger partial charge is 0.358 e. The molecule has 5 heteroatoms. The monoisotopic (exact) mass is 274 g/mol. The van der Waals surface area contributed by atoms with Crippen LogP contribution >= 0.6 is 0 Å². The number of aromatic nitrogens is 2. The van der Waals surface area contributed by atoms with Crippen LogP contribution in [0.1, 0.15) is 47.3 Å². The number of alkyl halides is 1. The Balaban J connectivity index is 1.96. The SMILES string of the molecule is CCOC(=O)c1cc2n(n1)C(c1ccccc1)CC2F. The van der Waals surface area contributed by atoms with Gasteiger partial charge >= 0.3 is 5.97 Å². The Morgan fingerprint density at radius 1 is 1.45 bits per heavy atom.